The minimum Gasteiger partial charge on any atom is -0.357 e. The minimum atomic E-state index is 0. The zero-order valence-electron chi connectivity index (χ0n) is 14.9. The van der Waals surface area contributed by atoms with Gasteiger partial charge < -0.3 is 15.5 Å². The average molecular weight is 424 g/mol. The van der Waals surface area contributed by atoms with Crippen LogP contribution in [0.1, 0.15) is 64.7 Å². The van der Waals surface area contributed by atoms with E-state index in [0.29, 0.717) is 6.04 Å². The molecule has 0 aromatic carbocycles. The number of hydrogen-bond donors (Lipinski definition) is 2. The number of aliphatic imine (C=N–C) groups is 1. The van der Waals surface area contributed by atoms with Crippen LogP contribution in [0.4, 0.5) is 0 Å². The highest BCUT2D eigenvalue weighted by molar-refractivity contribution is 14.0. The Morgan fingerprint density at radius 1 is 1.05 bits per heavy atom. The second kappa shape index (κ2) is 14.5. The van der Waals surface area contributed by atoms with Crippen LogP contribution >= 0.6 is 24.0 Å². The first kappa shape index (κ1) is 22.0. The van der Waals surface area contributed by atoms with Crippen LogP contribution in [0, 0.1) is 0 Å². The van der Waals surface area contributed by atoms with Crippen molar-refractivity contribution in [3.05, 3.63) is 0 Å². The van der Waals surface area contributed by atoms with Crippen LogP contribution in [0.25, 0.3) is 0 Å². The smallest absolute Gasteiger partial charge is 0.191 e. The third-order valence-corrected chi connectivity index (χ3v) is 4.07. The molecule has 0 aliphatic heterocycles. The molecule has 0 spiro atoms. The number of unbranched alkanes of at least 4 members (excludes halogenated alkanes) is 4. The maximum Gasteiger partial charge on any atom is 0.191 e. The van der Waals surface area contributed by atoms with Gasteiger partial charge in [0.1, 0.15) is 0 Å². The van der Waals surface area contributed by atoms with Gasteiger partial charge in [-0.15, -0.1) is 24.0 Å². The lowest BCUT2D eigenvalue weighted by Crippen LogP contribution is -2.42. The third-order valence-electron chi connectivity index (χ3n) is 4.07. The second-order valence-electron chi connectivity index (χ2n) is 6.46. The van der Waals surface area contributed by atoms with Gasteiger partial charge in [-0.05, 0) is 53.2 Å². The summed E-state index contributed by atoms with van der Waals surface area (Å²) in [7, 11) is 4.29. The molecule has 0 heterocycles. The molecule has 0 unspecified atom stereocenters. The lowest BCUT2D eigenvalue weighted by Gasteiger charge is -2.16. The van der Waals surface area contributed by atoms with Crippen molar-refractivity contribution in [2.24, 2.45) is 4.99 Å². The van der Waals surface area contributed by atoms with E-state index in [4.69, 9.17) is 4.99 Å². The Bertz CT molecular complexity index is 276. The molecule has 1 aliphatic carbocycles. The highest BCUT2D eigenvalue weighted by atomic mass is 127. The SMILES string of the molecule is CCNC(=NCCCCCCCN(C)C)NC1CCCC1.I. The molecule has 1 fully saturated rings. The molecule has 0 aromatic heterocycles. The maximum absolute atomic E-state index is 4.71. The third kappa shape index (κ3) is 11.5. The summed E-state index contributed by atoms with van der Waals surface area (Å²) in [5.74, 6) is 1.03. The monoisotopic (exact) mass is 424 g/mol. The highest BCUT2D eigenvalue weighted by Crippen LogP contribution is 2.17. The van der Waals surface area contributed by atoms with Crippen LogP contribution < -0.4 is 10.6 Å². The van der Waals surface area contributed by atoms with E-state index < -0.39 is 0 Å². The Morgan fingerprint density at radius 2 is 1.68 bits per heavy atom. The molecule has 0 bridgehead atoms. The lowest BCUT2D eigenvalue weighted by atomic mass is 10.1. The second-order valence-corrected chi connectivity index (χ2v) is 6.46. The minimum absolute atomic E-state index is 0. The first-order valence-electron chi connectivity index (χ1n) is 8.92. The fraction of sp³-hybridized carbons (Fsp3) is 0.941. The van der Waals surface area contributed by atoms with Gasteiger partial charge in [0.25, 0.3) is 0 Å². The Labute approximate surface area is 154 Å². The van der Waals surface area contributed by atoms with Gasteiger partial charge in [-0.25, -0.2) is 0 Å². The van der Waals surface area contributed by atoms with E-state index >= 15 is 0 Å². The summed E-state index contributed by atoms with van der Waals surface area (Å²) in [5.41, 5.74) is 0. The van der Waals surface area contributed by atoms with Crippen molar-refractivity contribution >= 4 is 29.9 Å². The Hall–Kier alpha value is -0.0400. The van der Waals surface area contributed by atoms with Crippen molar-refractivity contribution in [2.75, 3.05) is 33.7 Å². The summed E-state index contributed by atoms with van der Waals surface area (Å²) in [6, 6.07) is 0.647. The fourth-order valence-electron chi connectivity index (χ4n) is 2.84. The molecule has 5 heteroatoms. The predicted molar refractivity (Wildman–Crippen MR) is 108 cm³/mol. The number of hydrogen-bond acceptors (Lipinski definition) is 2. The van der Waals surface area contributed by atoms with Crippen molar-refractivity contribution in [3.63, 3.8) is 0 Å². The normalized spacial score (nSPS) is 15.9. The van der Waals surface area contributed by atoms with E-state index in [9.17, 15) is 0 Å². The molecule has 0 amide bonds. The maximum atomic E-state index is 4.71. The number of rotatable bonds is 10. The van der Waals surface area contributed by atoms with Gasteiger partial charge in [0.15, 0.2) is 5.96 Å². The Morgan fingerprint density at radius 3 is 2.32 bits per heavy atom. The van der Waals surface area contributed by atoms with Crippen molar-refractivity contribution in [1.29, 1.82) is 0 Å². The molecular weight excluding hydrogens is 387 g/mol. The molecule has 1 saturated carbocycles. The standard InChI is InChI=1S/C17H36N4.HI/c1-4-18-17(20-16-12-8-9-13-16)19-14-10-6-5-7-11-15-21(2)3;/h16H,4-15H2,1-3H3,(H2,18,19,20);1H. The number of nitrogens with one attached hydrogen (secondary N) is 2. The van der Waals surface area contributed by atoms with Crippen LogP contribution in [-0.2, 0) is 0 Å². The van der Waals surface area contributed by atoms with Crippen LogP contribution in [0.3, 0.4) is 0 Å². The van der Waals surface area contributed by atoms with Crippen molar-refractivity contribution < 1.29 is 0 Å². The summed E-state index contributed by atoms with van der Waals surface area (Å²) in [6.45, 7) is 5.25. The molecular formula is C17H37IN4. The van der Waals surface area contributed by atoms with Gasteiger partial charge in [-0.3, -0.25) is 4.99 Å². The van der Waals surface area contributed by atoms with Crippen LogP contribution in [0.15, 0.2) is 4.99 Å². The molecule has 1 rings (SSSR count). The fourth-order valence-corrected chi connectivity index (χ4v) is 2.84. The molecule has 2 N–H and O–H groups in total. The van der Waals surface area contributed by atoms with Crippen LogP contribution in [0.2, 0.25) is 0 Å². The molecule has 0 aromatic rings. The summed E-state index contributed by atoms with van der Waals surface area (Å²) in [4.78, 5) is 6.97. The quantitative estimate of drug-likeness (QED) is 0.244. The molecule has 0 saturated heterocycles. The Balaban J connectivity index is 0.00000441. The van der Waals surface area contributed by atoms with Crippen molar-refractivity contribution in [3.8, 4) is 0 Å². The summed E-state index contributed by atoms with van der Waals surface area (Å²) < 4.78 is 0. The molecule has 4 nitrogen and oxygen atoms in total. The van der Waals surface area contributed by atoms with Gasteiger partial charge in [0.05, 0.1) is 0 Å². The van der Waals surface area contributed by atoms with Crippen molar-refractivity contribution in [2.45, 2.75) is 70.8 Å². The van der Waals surface area contributed by atoms with Gasteiger partial charge in [0.2, 0.25) is 0 Å². The number of guanidine groups is 1. The Kier molecular flexibility index (Phi) is 14.5. The number of halogens is 1. The lowest BCUT2D eigenvalue weighted by molar-refractivity contribution is 0.390. The molecule has 22 heavy (non-hydrogen) atoms. The summed E-state index contributed by atoms with van der Waals surface area (Å²) in [5, 5.41) is 6.94. The van der Waals surface area contributed by atoms with E-state index in [-0.39, 0.29) is 24.0 Å². The van der Waals surface area contributed by atoms with Gasteiger partial charge in [-0.2, -0.15) is 0 Å². The van der Waals surface area contributed by atoms with E-state index in [1.54, 1.807) is 0 Å². The average Bonchev–Trinajstić information content (AvgIpc) is 2.94. The zero-order chi connectivity index (χ0) is 15.3. The van der Waals surface area contributed by atoms with E-state index in [0.717, 1.165) is 19.0 Å². The van der Waals surface area contributed by atoms with Crippen LogP contribution in [-0.4, -0.2) is 50.6 Å². The van der Waals surface area contributed by atoms with Gasteiger partial charge >= 0.3 is 0 Å². The predicted octanol–water partition coefficient (Wildman–Crippen LogP) is 3.61. The zero-order valence-corrected chi connectivity index (χ0v) is 17.2. The summed E-state index contributed by atoms with van der Waals surface area (Å²) in [6.07, 6.45) is 11.9. The first-order valence-corrected chi connectivity index (χ1v) is 8.92. The first-order chi connectivity index (χ1) is 10.2. The van der Waals surface area contributed by atoms with E-state index in [2.05, 4.69) is 36.6 Å². The van der Waals surface area contributed by atoms with Gasteiger partial charge in [-0.1, -0.05) is 32.1 Å². The number of nitrogens with zero attached hydrogens (tertiary/aromatic N) is 2. The van der Waals surface area contributed by atoms with Gasteiger partial charge in [0, 0.05) is 19.1 Å². The van der Waals surface area contributed by atoms with E-state index in [1.807, 2.05) is 0 Å². The summed E-state index contributed by atoms with van der Waals surface area (Å²) >= 11 is 0. The topological polar surface area (TPSA) is 39.7 Å². The molecule has 0 atom stereocenters. The largest absolute Gasteiger partial charge is 0.357 e. The molecule has 132 valence electrons. The molecule has 0 radical (unpaired) electrons. The highest BCUT2D eigenvalue weighted by Gasteiger charge is 2.15. The van der Waals surface area contributed by atoms with E-state index in [1.165, 1.54) is 64.3 Å². The van der Waals surface area contributed by atoms with Crippen molar-refractivity contribution in [1.82, 2.24) is 15.5 Å². The molecule has 1 aliphatic rings. The van der Waals surface area contributed by atoms with Crippen LogP contribution in [0.5, 0.6) is 0 Å².